The number of carboxylic acid groups (broad SMARTS) is 1. The molecule has 0 unspecified atom stereocenters. The second-order valence-electron chi connectivity index (χ2n) is 4.44. The molecule has 19 heavy (non-hydrogen) atoms. The van der Waals surface area contributed by atoms with Gasteiger partial charge in [-0.25, -0.2) is 4.98 Å². The van der Waals surface area contributed by atoms with E-state index in [1.807, 2.05) is 29.8 Å². The summed E-state index contributed by atoms with van der Waals surface area (Å²) in [6.07, 6.45) is 1.94. The zero-order valence-electron chi connectivity index (χ0n) is 11.2. The van der Waals surface area contributed by atoms with Gasteiger partial charge in [0.05, 0.1) is 17.1 Å². The average Bonchev–Trinajstić information content (AvgIpc) is 2.71. The summed E-state index contributed by atoms with van der Waals surface area (Å²) in [5, 5.41) is 9.50. The Morgan fingerprint density at radius 3 is 2.79 bits per heavy atom. The Bertz CT molecular complexity index is 620. The van der Waals surface area contributed by atoms with Crippen molar-refractivity contribution in [3.8, 4) is 5.69 Å². The van der Waals surface area contributed by atoms with Crippen molar-refractivity contribution in [2.24, 2.45) is 0 Å². The molecule has 1 aromatic heterocycles. The van der Waals surface area contributed by atoms with Gasteiger partial charge >= 0.3 is 5.97 Å². The Kier molecular flexibility index (Phi) is 3.95. The summed E-state index contributed by atoms with van der Waals surface area (Å²) in [6, 6.07) is 6.08. The molecule has 0 saturated heterocycles. The van der Waals surface area contributed by atoms with Gasteiger partial charge in [0.1, 0.15) is 0 Å². The molecule has 1 N–H and O–H groups in total. The minimum Gasteiger partial charge on any atom is -0.481 e. The van der Waals surface area contributed by atoms with Crippen molar-refractivity contribution in [2.75, 3.05) is 5.75 Å². The van der Waals surface area contributed by atoms with E-state index in [9.17, 15) is 4.79 Å². The highest BCUT2D eigenvalue weighted by Gasteiger charge is 2.12. The van der Waals surface area contributed by atoms with Gasteiger partial charge in [-0.2, -0.15) is 0 Å². The average molecular weight is 276 g/mol. The molecule has 2 rings (SSSR count). The summed E-state index contributed by atoms with van der Waals surface area (Å²) in [5.74, 6) is -0.820. The Hall–Kier alpha value is -1.75. The summed E-state index contributed by atoms with van der Waals surface area (Å²) in [5.41, 5.74) is 4.32. The summed E-state index contributed by atoms with van der Waals surface area (Å²) >= 11 is 1.24. The molecule has 0 spiro atoms. The van der Waals surface area contributed by atoms with E-state index in [0.29, 0.717) is 5.16 Å². The number of aromatic nitrogens is 2. The molecular weight excluding hydrogens is 260 g/mol. The summed E-state index contributed by atoms with van der Waals surface area (Å²) in [7, 11) is 0. The van der Waals surface area contributed by atoms with Gasteiger partial charge in [-0.05, 0) is 38.0 Å². The van der Waals surface area contributed by atoms with Crippen LogP contribution in [0.25, 0.3) is 5.69 Å². The van der Waals surface area contributed by atoms with E-state index in [4.69, 9.17) is 5.11 Å². The van der Waals surface area contributed by atoms with Gasteiger partial charge in [0.15, 0.2) is 5.16 Å². The number of hydrogen-bond acceptors (Lipinski definition) is 3. The van der Waals surface area contributed by atoms with Crippen LogP contribution in [0.15, 0.2) is 29.6 Å². The minimum absolute atomic E-state index is 0.0152. The summed E-state index contributed by atoms with van der Waals surface area (Å²) < 4.78 is 1.96. The Labute approximate surface area is 116 Å². The van der Waals surface area contributed by atoms with E-state index >= 15 is 0 Å². The SMILES string of the molecule is Cc1cn(-c2cccc(C)c2C)c(SCC(=O)O)n1. The molecule has 0 atom stereocenters. The van der Waals surface area contributed by atoms with Gasteiger partial charge in [-0.1, -0.05) is 23.9 Å². The zero-order chi connectivity index (χ0) is 14.0. The minimum atomic E-state index is -0.835. The van der Waals surface area contributed by atoms with E-state index in [0.717, 1.165) is 11.4 Å². The molecule has 5 heteroatoms. The first-order chi connectivity index (χ1) is 8.99. The van der Waals surface area contributed by atoms with Crippen molar-refractivity contribution in [3.63, 3.8) is 0 Å². The predicted octanol–water partition coefficient (Wildman–Crippen LogP) is 2.97. The van der Waals surface area contributed by atoms with Crippen LogP contribution in [0.4, 0.5) is 0 Å². The van der Waals surface area contributed by atoms with Gasteiger partial charge in [-0.3, -0.25) is 9.36 Å². The monoisotopic (exact) mass is 276 g/mol. The lowest BCUT2D eigenvalue weighted by atomic mass is 10.1. The molecule has 0 amide bonds. The number of aliphatic carboxylic acids is 1. The smallest absolute Gasteiger partial charge is 0.313 e. The molecule has 1 aromatic carbocycles. The fourth-order valence-electron chi connectivity index (χ4n) is 1.87. The molecule has 1 heterocycles. The second kappa shape index (κ2) is 5.48. The normalized spacial score (nSPS) is 10.7. The van der Waals surface area contributed by atoms with E-state index in [1.54, 1.807) is 0 Å². The highest BCUT2D eigenvalue weighted by Crippen LogP contribution is 2.25. The fourth-order valence-corrected chi connectivity index (χ4v) is 2.62. The third-order valence-electron chi connectivity index (χ3n) is 2.95. The van der Waals surface area contributed by atoms with E-state index in [2.05, 4.69) is 24.9 Å². The van der Waals surface area contributed by atoms with Gasteiger partial charge < -0.3 is 5.11 Å². The molecule has 0 aliphatic rings. The van der Waals surface area contributed by atoms with Crippen LogP contribution in [0.1, 0.15) is 16.8 Å². The van der Waals surface area contributed by atoms with Gasteiger partial charge in [-0.15, -0.1) is 0 Å². The molecule has 0 saturated carbocycles. The molecule has 0 aliphatic heterocycles. The van der Waals surface area contributed by atoms with Crippen LogP contribution in [-0.4, -0.2) is 26.4 Å². The van der Waals surface area contributed by atoms with Crippen LogP contribution in [0.3, 0.4) is 0 Å². The topological polar surface area (TPSA) is 55.1 Å². The van der Waals surface area contributed by atoms with Crippen molar-refractivity contribution < 1.29 is 9.90 Å². The second-order valence-corrected chi connectivity index (χ2v) is 5.38. The number of nitrogens with zero attached hydrogens (tertiary/aromatic N) is 2. The number of benzene rings is 1. The van der Waals surface area contributed by atoms with E-state index in [1.165, 1.54) is 22.9 Å². The number of aryl methyl sites for hydroxylation is 2. The van der Waals surface area contributed by atoms with Crippen LogP contribution in [0.5, 0.6) is 0 Å². The van der Waals surface area contributed by atoms with Crippen molar-refractivity contribution in [3.05, 3.63) is 41.2 Å². The Balaban J connectivity index is 2.44. The summed E-state index contributed by atoms with van der Waals surface area (Å²) in [6.45, 7) is 6.03. The van der Waals surface area contributed by atoms with Crippen molar-refractivity contribution in [2.45, 2.75) is 25.9 Å². The molecule has 0 fully saturated rings. The largest absolute Gasteiger partial charge is 0.481 e. The fraction of sp³-hybridized carbons (Fsp3) is 0.286. The van der Waals surface area contributed by atoms with Crippen molar-refractivity contribution in [1.29, 1.82) is 0 Å². The lowest BCUT2D eigenvalue weighted by Crippen LogP contribution is -2.03. The molecular formula is C14H16N2O2S. The van der Waals surface area contributed by atoms with Crippen LogP contribution in [0.2, 0.25) is 0 Å². The number of carboxylic acids is 1. The Morgan fingerprint density at radius 2 is 2.11 bits per heavy atom. The Morgan fingerprint density at radius 1 is 1.37 bits per heavy atom. The van der Waals surface area contributed by atoms with E-state index in [-0.39, 0.29) is 5.75 Å². The van der Waals surface area contributed by atoms with Gasteiger partial charge in [0.25, 0.3) is 0 Å². The number of carbonyl (C=O) groups is 1. The third-order valence-corrected chi connectivity index (χ3v) is 3.89. The van der Waals surface area contributed by atoms with Crippen LogP contribution >= 0.6 is 11.8 Å². The zero-order valence-corrected chi connectivity index (χ0v) is 12.0. The highest BCUT2D eigenvalue weighted by molar-refractivity contribution is 7.99. The molecule has 0 aliphatic carbocycles. The lowest BCUT2D eigenvalue weighted by molar-refractivity contribution is -0.133. The van der Waals surface area contributed by atoms with Crippen LogP contribution < -0.4 is 0 Å². The van der Waals surface area contributed by atoms with Crippen molar-refractivity contribution in [1.82, 2.24) is 9.55 Å². The highest BCUT2D eigenvalue weighted by atomic mass is 32.2. The van der Waals surface area contributed by atoms with E-state index < -0.39 is 5.97 Å². The van der Waals surface area contributed by atoms with Crippen LogP contribution in [-0.2, 0) is 4.79 Å². The quantitative estimate of drug-likeness (QED) is 0.872. The molecule has 2 aromatic rings. The molecule has 0 bridgehead atoms. The third kappa shape index (κ3) is 2.98. The first-order valence-corrected chi connectivity index (χ1v) is 6.95. The number of rotatable bonds is 4. The standard InChI is InChI=1S/C14H16N2O2S/c1-9-5-4-6-12(11(9)3)16-7-10(2)15-14(16)19-8-13(17)18/h4-7H,8H2,1-3H3,(H,17,18). The van der Waals surface area contributed by atoms with Gasteiger partial charge in [0, 0.05) is 6.20 Å². The maximum atomic E-state index is 10.7. The maximum Gasteiger partial charge on any atom is 0.313 e. The van der Waals surface area contributed by atoms with Crippen molar-refractivity contribution >= 4 is 17.7 Å². The first-order valence-electron chi connectivity index (χ1n) is 5.96. The first kappa shape index (κ1) is 13.7. The van der Waals surface area contributed by atoms with Gasteiger partial charge in [0.2, 0.25) is 0 Å². The maximum absolute atomic E-state index is 10.7. The number of hydrogen-bond donors (Lipinski definition) is 1. The molecule has 0 radical (unpaired) electrons. The predicted molar refractivity (Wildman–Crippen MR) is 76.1 cm³/mol. The molecule has 4 nitrogen and oxygen atoms in total. The van der Waals surface area contributed by atoms with Crippen LogP contribution in [0, 0.1) is 20.8 Å². The lowest BCUT2D eigenvalue weighted by Gasteiger charge is -2.11. The number of imidazole rings is 1. The number of thioether (sulfide) groups is 1. The summed E-state index contributed by atoms with van der Waals surface area (Å²) in [4.78, 5) is 15.1. The molecule has 100 valence electrons.